The van der Waals surface area contributed by atoms with Gasteiger partial charge in [0, 0.05) is 28.6 Å². The van der Waals surface area contributed by atoms with Crippen molar-refractivity contribution in [2.24, 2.45) is 0 Å². The van der Waals surface area contributed by atoms with Gasteiger partial charge in [-0.05, 0) is 67.9 Å². The average Bonchev–Trinajstić information content (AvgIpc) is 3.14. The van der Waals surface area contributed by atoms with Gasteiger partial charge in [-0.25, -0.2) is 4.39 Å². The number of alkyl halides is 1. The van der Waals surface area contributed by atoms with Crippen molar-refractivity contribution in [2.45, 2.75) is 69.4 Å². The van der Waals surface area contributed by atoms with E-state index < -0.39 is 12.4 Å². The Morgan fingerprint density at radius 1 is 1.08 bits per heavy atom. The Bertz CT molecular complexity index is 1370. The van der Waals surface area contributed by atoms with E-state index >= 15 is 0 Å². The second-order valence-corrected chi connectivity index (χ2v) is 11.0. The topological polar surface area (TPSA) is 81.6 Å². The lowest BCUT2D eigenvalue weighted by Gasteiger charge is -2.40. The summed E-state index contributed by atoms with van der Waals surface area (Å²) in [5.41, 5.74) is 4.34. The number of nitrogens with zero attached hydrogens (tertiary/aromatic N) is 1. The fourth-order valence-electron chi connectivity index (χ4n) is 6.57. The Hall–Kier alpha value is -3.39. The van der Waals surface area contributed by atoms with Gasteiger partial charge in [-0.2, -0.15) is 0 Å². The maximum atomic E-state index is 13.5. The van der Waals surface area contributed by atoms with Gasteiger partial charge in [0.15, 0.2) is 6.86 Å². The van der Waals surface area contributed by atoms with Crippen LogP contribution in [0.15, 0.2) is 42.5 Å². The van der Waals surface area contributed by atoms with Crippen LogP contribution in [0.3, 0.4) is 0 Å². The highest BCUT2D eigenvalue weighted by molar-refractivity contribution is 6.03. The Morgan fingerprint density at radius 3 is 2.67 bits per heavy atom. The number of carbonyl (C=O) groups is 2. The molecule has 3 aromatic rings. The van der Waals surface area contributed by atoms with Crippen molar-refractivity contribution in [2.75, 3.05) is 26.6 Å². The summed E-state index contributed by atoms with van der Waals surface area (Å²) in [5.74, 6) is 0.887. The lowest BCUT2D eigenvalue weighted by Crippen LogP contribution is -2.63. The van der Waals surface area contributed by atoms with Crippen LogP contribution in [0.4, 0.5) is 4.39 Å². The number of carbonyl (C=O) groups excluding carboxylic acids is 2. The van der Waals surface area contributed by atoms with Gasteiger partial charge in [-0.3, -0.25) is 9.59 Å². The molecule has 206 valence electrons. The third kappa shape index (κ3) is 4.80. The molecule has 0 saturated heterocycles. The molecule has 2 aliphatic carbocycles. The summed E-state index contributed by atoms with van der Waals surface area (Å²) in [4.78, 5) is 26.4. The zero-order valence-electron chi connectivity index (χ0n) is 22.3. The van der Waals surface area contributed by atoms with E-state index in [9.17, 15) is 14.0 Å². The van der Waals surface area contributed by atoms with Crippen LogP contribution in [-0.4, -0.2) is 48.5 Å². The molecule has 1 aromatic heterocycles. The molecule has 0 bridgehead atoms. The number of fused-ring (bicyclic) bond motifs is 5. The molecule has 2 heterocycles. The first-order chi connectivity index (χ1) is 19.1. The van der Waals surface area contributed by atoms with Crippen molar-refractivity contribution in [1.82, 2.24) is 15.2 Å². The first-order valence-corrected chi connectivity index (χ1v) is 14.2. The standard InChI is InChI=1S/C31H36FN3O4/c32-20-38-17-15-33-30(37)31(13-6-14-31)34-29(36)22-11-12-23-25(19-22)35-16-18-39-26-10-5-4-9-24(26)28(35)27(23)21-7-2-1-3-8-21/h4-5,9-12,19,21H,1-3,6-8,13-18,20H2,(H,33,37)(H,34,36). The van der Waals surface area contributed by atoms with E-state index in [1.54, 1.807) is 0 Å². The highest BCUT2D eigenvalue weighted by Crippen LogP contribution is 2.47. The number of rotatable bonds is 8. The molecule has 0 unspecified atom stereocenters. The molecule has 8 heteroatoms. The summed E-state index contributed by atoms with van der Waals surface area (Å²) in [6.45, 7) is 0.674. The number of amides is 2. The SMILES string of the molecule is O=C(NC1(C(=O)NCCOCF)CCC1)c1ccc2c(C3CCCCC3)c3n(c2c1)CCOc1ccccc1-3. The smallest absolute Gasteiger partial charge is 0.252 e. The highest BCUT2D eigenvalue weighted by atomic mass is 19.1. The minimum absolute atomic E-state index is 0.0957. The van der Waals surface area contributed by atoms with Gasteiger partial charge in [-0.1, -0.05) is 37.5 Å². The molecule has 39 heavy (non-hydrogen) atoms. The maximum Gasteiger partial charge on any atom is 0.252 e. The molecule has 3 aliphatic rings. The Morgan fingerprint density at radius 2 is 1.90 bits per heavy atom. The fourth-order valence-corrected chi connectivity index (χ4v) is 6.57. The zero-order valence-corrected chi connectivity index (χ0v) is 22.3. The van der Waals surface area contributed by atoms with Gasteiger partial charge in [0.1, 0.15) is 17.9 Å². The molecule has 2 fully saturated rings. The van der Waals surface area contributed by atoms with Crippen molar-refractivity contribution >= 4 is 22.7 Å². The maximum absolute atomic E-state index is 13.5. The van der Waals surface area contributed by atoms with Gasteiger partial charge in [0.2, 0.25) is 5.91 Å². The lowest BCUT2D eigenvalue weighted by molar-refractivity contribution is -0.131. The van der Waals surface area contributed by atoms with E-state index in [4.69, 9.17) is 4.74 Å². The molecule has 1 aliphatic heterocycles. The number of aromatic nitrogens is 1. The summed E-state index contributed by atoms with van der Waals surface area (Å²) < 4.78 is 25.4. The first-order valence-electron chi connectivity index (χ1n) is 14.2. The van der Waals surface area contributed by atoms with Crippen LogP contribution in [0, 0.1) is 0 Å². The number of hydrogen-bond donors (Lipinski definition) is 2. The van der Waals surface area contributed by atoms with Gasteiger partial charge in [0.25, 0.3) is 5.91 Å². The predicted octanol–water partition coefficient (Wildman–Crippen LogP) is 5.46. The first kappa shape index (κ1) is 25.9. The Balaban J connectivity index is 1.35. The number of halogens is 1. The molecule has 0 atom stereocenters. The second-order valence-electron chi connectivity index (χ2n) is 11.0. The van der Waals surface area contributed by atoms with E-state index in [2.05, 4.69) is 38.1 Å². The lowest BCUT2D eigenvalue weighted by atomic mass is 9.75. The molecule has 2 aromatic carbocycles. The van der Waals surface area contributed by atoms with Crippen molar-refractivity contribution in [3.8, 4) is 17.0 Å². The number of nitrogens with one attached hydrogen (secondary N) is 2. The van der Waals surface area contributed by atoms with Crippen LogP contribution in [-0.2, 0) is 16.1 Å². The van der Waals surface area contributed by atoms with Gasteiger partial charge in [0.05, 0.1) is 18.8 Å². The summed E-state index contributed by atoms with van der Waals surface area (Å²) >= 11 is 0. The monoisotopic (exact) mass is 533 g/mol. The van der Waals surface area contributed by atoms with Gasteiger partial charge >= 0.3 is 0 Å². The largest absolute Gasteiger partial charge is 0.491 e. The van der Waals surface area contributed by atoms with Crippen LogP contribution in [0.2, 0.25) is 0 Å². The number of ether oxygens (including phenoxy) is 2. The van der Waals surface area contributed by atoms with E-state index in [0.29, 0.717) is 37.5 Å². The minimum atomic E-state index is -0.933. The van der Waals surface area contributed by atoms with E-state index in [0.717, 1.165) is 23.3 Å². The minimum Gasteiger partial charge on any atom is -0.491 e. The van der Waals surface area contributed by atoms with Gasteiger partial charge in [-0.15, -0.1) is 0 Å². The molecule has 2 amide bonds. The van der Waals surface area contributed by atoms with E-state index in [-0.39, 0.29) is 25.0 Å². The van der Waals surface area contributed by atoms with Crippen molar-refractivity contribution in [1.29, 1.82) is 0 Å². The van der Waals surface area contributed by atoms with Crippen LogP contribution in [0.1, 0.15) is 73.2 Å². The highest BCUT2D eigenvalue weighted by Gasteiger charge is 2.45. The molecule has 2 saturated carbocycles. The molecule has 7 nitrogen and oxygen atoms in total. The van der Waals surface area contributed by atoms with Crippen LogP contribution in [0.25, 0.3) is 22.2 Å². The van der Waals surface area contributed by atoms with Crippen LogP contribution in [0.5, 0.6) is 5.75 Å². The van der Waals surface area contributed by atoms with E-state index in [1.165, 1.54) is 48.7 Å². The summed E-state index contributed by atoms with van der Waals surface area (Å²) in [6.07, 6.45) is 8.13. The zero-order chi connectivity index (χ0) is 26.8. The summed E-state index contributed by atoms with van der Waals surface area (Å²) in [5, 5.41) is 7.01. The van der Waals surface area contributed by atoms with E-state index in [1.807, 2.05) is 24.3 Å². The third-order valence-corrected chi connectivity index (χ3v) is 8.70. The molecule has 6 rings (SSSR count). The van der Waals surface area contributed by atoms with Crippen molar-refractivity contribution < 1.29 is 23.5 Å². The quantitative estimate of drug-likeness (QED) is 0.377. The molecular weight excluding hydrogens is 497 g/mol. The Labute approximate surface area is 228 Å². The van der Waals surface area contributed by atoms with Crippen LogP contribution < -0.4 is 15.4 Å². The third-order valence-electron chi connectivity index (χ3n) is 8.70. The van der Waals surface area contributed by atoms with Crippen LogP contribution >= 0.6 is 0 Å². The predicted molar refractivity (Wildman–Crippen MR) is 148 cm³/mol. The fraction of sp³-hybridized carbons (Fsp3) is 0.484. The van der Waals surface area contributed by atoms with Gasteiger partial charge < -0.3 is 24.7 Å². The number of benzene rings is 2. The molecular formula is C31H36FN3O4. The summed E-state index contributed by atoms with van der Waals surface area (Å²) in [7, 11) is 0. The molecule has 2 N–H and O–H groups in total. The summed E-state index contributed by atoms with van der Waals surface area (Å²) in [6, 6.07) is 14.2. The Kier molecular flexibility index (Phi) is 7.30. The number of para-hydroxylation sites is 1. The second kappa shape index (κ2) is 11.0. The van der Waals surface area contributed by atoms with Crippen molar-refractivity contribution in [3.63, 3.8) is 0 Å². The number of hydrogen-bond acceptors (Lipinski definition) is 4. The average molecular weight is 534 g/mol. The normalized spacial score (nSPS) is 18.3. The molecule has 0 spiro atoms. The van der Waals surface area contributed by atoms with Crippen molar-refractivity contribution in [3.05, 3.63) is 53.6 Å². The molecule has 0 radical (unpaired) electrons.